The highest BCUT2D eigenvalue weighted by Crippen LogP contribution is 1.92. The second-order valence-corrected chi connectivity index (χ2v) is 2.97. The molecule has 1 atom stereocenters. The fraction of sp³-hybridized carbons (Fsp3) is 1.00. The van der Waals surface area contributed by atoms with Gasteiger partial charge in [-0.25, -0.2) is 0 Å². The maximum atomic E-state index is 9.15. The van der Waals surface area contributed by atoms with E-state index in [1.54, 1.807) is 7.11 Å². The number of nitrogens with two attached hydrogens (primary N) is 1. The van der Waals surface area contributed by atoms with Gasteiger partial charge in [-0.15, -0.1) is 0 Å². The van der Waals surface area contributed by atoms with Gasteiger partial charge in [0.1, 0.15) is 0 Å². The summed E-state index contributed by atoms with van der Waals surface area (Å²) in [5, 5.41) is 9.15. The van der Waals surface area contributed by atoms with E-state index >= 15 is 0 Å². The van der Waals surface area contributed by atoms with Gasteiger partial charge in [0.2, 0.25) is 0 Å². The zero-order valence-electron chi connectivity index (χ0n) is 7.99. The Hall–Kier alpha value is -0.160. The molecular weight excluding hydrogens is 156 g/mol. The number of nitrogens with zero attached hydrogens (tertiary/aromatic N) is 1. The number of aliphatic hydroxyl groups is 1. The Morgan fingerprint density at radius 3 is 2.67 bits per heavy atom. The number of likely N-dealkylation sites (N-methyl/N-ethyl adjacent to an activating group) is 1. The quantitative estimate of drug-likeness (QED) is 0.537. The molecule has 0 amide bonds. The van der Waals surface area contributed by atoms with Gasteiger partial charge in [0.25, 0.3) is 0 Å². The molecule has 0 aromatic rings. The van der Waals surface area contributed by atoms with E-state index in [2.05, 4.69) is 4.90 Å². The summed E-state index contributed by atoms with van der Waals surface area (Å²) >= 11 is 0. The SMILES string of the molecule is COCCN(C)CCC(O)CN. The first kappa shape index (κ1) is 11.8. The first-order chi connectivity index (χ1) is 5.70. The molecule has 0 aromatic heterocycles. The molecule has 0 heterocycles. The van der Waals surface area contributed by atoms with E-state index in [9.17, 15) is 0 Å². The molecule has 0 aliphatic rings. The molecule has 0 aliphatic carbocycles. The average Bonchev–Trinajstić information content (AvgIpc) is 2.10. The normalized spacial score (nSPS) is 13.8. The van der Waals surface area contributed by atoms with Gasteiger partial charge in [0.15, 0.2) is 0 Å². The molecule has 0 aromatic carbocycles. The van der Waals surface area contributed by atoms with Crippen LogP contribution in [-0.4, -0.2) is 56.5 Å². The van der Waals surface area contributed by atoms with Crippen LogP contribution in [-0.2, 0) is 4.74 Å². The molecule has 0 aliphatic heterocycles. The van der Waals surface area contributed by atoms with Gasteiger partial charge in [-0.1, -0.05) is 0 Å². The minimum Gasteiger partial charge on any atom is -0.392 e. The third kappa shape index (κ3) is 6.54. The lowest BCUT2D eigenvalue weighted by molar-refractivity contribution is 0.132. The zero-order valence-corrected chi connectivity index (χ0v) is 7.99. The monoisotopic (exact) mass is 176 g/mol. The Morgan fingerprint density at radius 1 is 1.50 bits per heavy atom. The van der Waals surface area contributed by atoms with Gasteiger partial charge < -0.3 is 20.5 Å². The van der Waals surface area contributed by atoms with Crippen LogP contribution in [0.5, 0.6) is 0 Å². The fourth-order valence-corrected chi connectivity index (χ4v) is 0.846. The first-order valence-electron chi connectivity index (χ1n) is 4.26. The van der Waals surface area contributed by atoms with Gasteiger partial charge in [-0.05, 0) is 13.5 Å². The Balaban J connectivity index is 3.24. The van der Waals surface area contributed by atoms with Crippen LogP contribution >= 0.6 is 0 Å². The molecule has 0 fully saturated rings. The van der Waals surface area contributed by atoms with Crippen molar-refractivity contribution in [3.63, 3.8) is 0 Å². The highest BCUT2D eigenvalue weighted by Gasteiger charge is 2.03. The molecule has 74 valence electrons. The molecule has 0 spiro atoms. The highest BCUT2D eigenvalue weighted by atomic mass is 16.5. The predicted molar refractivity (Wildman–Crippen MR) is 49.1 cm³/mol. The molecule has 0 rings (SSSR count). The van der Waals surface area contributed by atoms with Crippen molar-refractivity contribution in [3.05, 3.63) is 0 Å². The van der Waals surface area contributed by atoms with Gasteiger partial charge in [-0.2, -0.15) is 0 Å². The van der Waals surface area contributed by atoms with Crippen LogP contribution in [0, 0.1) is 0 Å². The Bertz CT molecular complexity index is 101. The van der Waals surface area contributed by atoms with Crippen LogP contribution in [0.15, 0.2) is 0 Å². The van der Waals surface area contributed by atoms with Gasteiger partial charge >= 0.3 is 0 Å². The van der Waals surface area contributed by atoms with Crippen molar-refractivity contribution in [2.24, 2.45) is 5.73 Å². The van der Waals surface area contributed by atoms with Crippen molar-refractivity contribution >= 4 is 0 Å². The lowest BCUT2D eigenvalue weighted by Gasteiger charge is -2.17. The van der Waals surface area contributed by atoms with Crippen LogP contribution in [0.25, 0.3) is 0 Å². The van der Waals surface area contributed by atoms with Crippen molar-refractivity contribution in [3.8, 4) is 0 Å². The third-order valence-corrected chi connectivity index (χ3v) is 1.79. The van der Waals surface area contributed by atoms with Crippen molar-refractivity contribution < 1.29 is 9.84 Å². The summed E-state index contributed by atoms with van der Waals surface area (Å²) in [4.78, 5) is 2.11. The topological polar surface area (TPSA) is 58.7 Å². The maximum Gasteiger partial charge on any atom is 0.0674 e. The summed E-state index contributed by atoms with van der Waals surface area (Å²) in [6.45, 7) is 2.84. The summed E-state index contributed by atoms with van der Waals surface area (Å²) in [6, 6.07) is 0. The van der Waals surface area contributed by atoms with Crippen molar-refractivity contribution in [2.45, 2.75) is 12.5 Å². The van der Waals surface area contributed by atoms with Crippen LogP contribution < -0.4 is 5.73 Å². The molecule has 0 radical (unpaired) electrons. The third-order valence-electron chi connectivity index (χ3n) is 1.79. The van der Waals surface area contributed by atoms with E-state index in [0.29, 0.717) is 6.54 Å². The molecule has 0 saturated carbocycles. The molecule has 1 unspecified atom stereocenters. The lowest BCUT2D eigenvalue weighted by atomic mass is 10.2. The van der Waals surface area contributed by atoms with E-state index in [1.807, 2.05) is 7.05 Å². The minimum atomic E-state index is -0.366. The van der Waals surface area contributed by atoms with Gasteiger partial charge in [-0.3, -0.25) is 0 Å². The largest absolute Gasteiger partial charge is 0.392 e. The number of ether oxygens (including phenoxy) is 1. The number of methoxy groups -OCH3 is 1. The number of hydrogen-bond acceptors (Lipinski definition) is 4. The molecule has 0 saturated heterocycles. The van der Waals surface area contributed by atoms with Crippen molar-refractivity contribution in [2.75, 3.05) is 40.4 Å². The van der Waals surface area contributed by atoms with Gasteiger partial charge in [0, 0.05) is 26.7 Å². The lowest BCUT2D eigenvalue weighted by Crippen LogP contribution is -2.29. The molecule has 0 bridgehead atoms. The Kier molecular flexibility index (Phi) is 7.39. The van der Waals surface area contributed by atoms with E-state index in [4.69, 9.17) is 15.6 Å². The standard InChI is InChI=1S/C8H20N2O2/c1-10(5-6-12-2)4-3-8(11)7-9/h8,11H,3-7,9H2,1-2H3. The number of hydrogen-bond donors (Lipinski definition) is 2. The van der Waals surface area contributed by atoms with Crippen LogP contribution in [0.4, 0.5) is 0 Å². The summed E-state index contributed by atoms with van der Waals surface area (Å²) < 4.78 is 4.92. The molecule has 4 heteroatoms. The van der Waals surface area contributed by atoms with E-state index < -0.39 is 0 Å². The van der Waals surface area contributed by atoms with E-state index in [0.717, 1.165) is 26.1 Å². The van der Waals surface area contributed by atoms with Crippen molar-refractivity contribution in [1.29, 1.82) is 0 Å². The summed E-state index contributed by atoms with van der Waals surface area (Å²) in [7, 11) is 3.69. The smallest absolute Gasteiger partial charge is 0.0674 e. The minimum absolute atomic E-state index is 0.345. The van der Waals surface area contributed by atoms with Crippen LogP contribution in [0.3, 0.4) is 0 Å². The molecule has 4 nitrogen and oxygen atoms in total. The fourth-order valence-electron chi connectivity index (χ4n) is 0.846. The molecule has 3 N–H and O–H groups in total. The number of aliphatic hydroxyl groups excluding tert-OH is 1. The van der Waals surface area contributed by atoms with Crippen LogP contribution in [0.2, 0.25) is 0 Å². The zero-order chi connectivity index (χ0) is 9.40. The Labute approximate surface area is 74.3 Å². The maximum absolute atomic E-state index is 9.15. The second-order valence-electron chi connectivity index (χ2n) is 2.97. The Morgan fingerprint density at radius 2 is 2.17 bits per heavy atom. The number of rotatable bonds is 7. The highest BCUT2D eigenvalue weighted by molar-refractivity contribution is 4.59. The molecule has 12 heavy (non-hydrogen) atoms. The summed E-state index contributed by atoms with van der Waals surface area (Å²) in [6.07, 6.45) is 0.367. The first-order valence-corrected chi connectivity index (χ1v) is 4.26. The summed E-state index contributed by atoms with van der Waals surface area (Å²) in [5.41, 5.74) is 5.27. The van der Waals surface area contributed by atoms with Crippen molar-refractivity contribution in [1.82, 2.24) is 4.90 Å². The summed E-state index contributed by atoms with van der Waals surface area (Å²) in [5.74, 6) is 0. The average molecular weight is 176 g/mol. The second kappa shape index (κ2) is 7.49. The van der Waals surface area contributed by atoms with E-state index in [-0.39, 0.29) is 6.10 Å². The van der Waals surface area contributed by atoms with Crippen LogP contribution in [0.1, 0.15) is 6.42 Å². The molecular formula is C8H20N2O2. The van der Waals surface area contributed by atoms with E-state index in [1.165, 1.54) is 0 Å². The predicted octanol–water partition coefficient (Wildman–Crippen LogP) is -0.726. The van der Waals surface area contributed by atoms with Gasteiger partial charge in [0.05, 0.1) is 12.7 Å².